The molecule has 0 radical (unpaired) electrons. The lowest BCUT2D eigenvalue weighted by molar-refractivity contribution is -0.120. The van der Waals surface area contributed by atoms with E-state index in [0.29, 0.717) is 23.0 Å². The van der Waals surface area contributed by atoms with Crippen LogP contribution in [0.25, 0.3) is 0 Å². The summed E-state index contributed by atoms with van der Waals surface area (Å²) in [5.74, 6) is 0.725. The highest BCUT2D eigenvalue weighted by molar-refractivity contribution is 6.31. The molecule has 1 aliphatic heterocycles. The minimum absolute atomic E-state index is 0.132. The van der Waals surface area contributed by atoms with Crippen molar-refractivity contribution in [2.24, 2.45) is 17.6 Å². The highest BCUT2D eigenvalue weighted by Crippen LogP contribution is 2.30. The van der Waals surface area contributed by atoms with E-state index in [1.54, 1.807) is 17.0 Å². The summed E-state index contributed by atoms with van der Waals surface area (Å²) in [5, 5.41) is 0.379. The summed E-state index contributed by atoms with van der Waals surface area (Å²) >= 11 is 6.37. The fourth-order valence-electron chi connectivity index (χ4n) is 3.65. The van der Waals surface area contributed by atoms with Crippen molar-refractivity contribution in [3.05, 3.63) is 58.6 Å². The monoisotopic (exact) mass is 444 g/mol. The fraction of sp³-hybridized carbons (Fsp3) is 0.417. The van der Waals surface area contributed by atoms with Crippen LogP contribution in [0.1, 0.15) is 31.9 Å². The highest BCUT2D eigenvalue weighted by Gasteiger charge is 2.29. The molecule has 0 bridgehead atoms. The first-order valence-corrected chi connectivity index (χ1v) is 10.9. The number of para-hydroxylation sites is 1. The zero-order valence-electron chi connectivity index (χ0n) is 18.1. The van der Waals surface area contributed by atoms with Crippen LogP contribution in [0.4, 0.5) is 10.5 Å². The van der Waals surface area contributed by atoms with Gasteiger partial charge in [0.1, 0.15) is 5.75 Å². The molecule has 31 heavy (non-hydrogen) atoms. The number of benzene rings is 2. The third-order valence-electron chi connectivity index (χ3n) is 5.13. The number of halogens is 1. The van der Waals surface area contributed by atoms with Crippen molar-refractivity contribution in [2.45, 2.75) is 39.7 Å². The largest absolute Gasteiger partial charge is 0.513 e. The molecule has 1 aliphatic rings. The second-order valence-corrected chi connectivity index (χ2v) is 8.91. The van der Waals surface area contributed by atoms with Gasteiger partial charge in [-0.2, -0.15) is 0 Å². The van der Waals surface area contributed by atoms with Gasteiger partial charge >= 0.3 is 6.16 Å². The second kappa shape index (κ2) is 10.2. The van der Waals surface area contributed by atoms with Gasteiger partial charge in [-0.05, 0) is 54.0 Å². The third-order valence-corrected chi connectivity index (χ3v) is 5.48. The van der Waals surface area contributed by atoms with E-state index in [1.165, 1.54) is 6.07 Å². The first-order valence-electron chi connectivity index (χ1n) is 10.5. The summed E-state index contributed by atoms with van der Waals surface area (Å²) in [6.45, 7) is 6.92. The number of nitrogens with zero attached hydrogens (tertiary/aromatic N) is 1. The molecule has 6 nitrogen and oxygen atoms in total. The van der Waals surface area contributed by atoms with Crippen LogP contribution >= 0.6 is 11.6 Å². The molecule has 0 saturated carbocycles. The van der Waals surface area contributed by atoms with Crippen LogP contribution in [0.15, 0.2) is 42.5 Å². The van der Waals surface area contributed by atoms with Crippen LogP contribution in [0.3, 0.4) is 0 Å². The maximum atomic E-state index is 13.1. The van der Waals surface area contributed by atoms with E-state index in [2.05, 4.69) is 13.0 Å². The van der Waals surface area contributed by atoms with Crippen molar-refractivity contribution in [3.63, 3.8) is 0 Å². The van der Waals surface area contributed by atoms with E-state index in [0.717, 1.165) is 17.7 Å². The Morgan fingerprint density at radius 2 is 1.97 bits per heavy atom. The minimum Gasteiger partial charge on any atom is -0.434 e. The maximum absolute atomic E-state index is 13.1. The number of hydrogen-bond donors (Lipinski definition) is 1. The van der Waals surface area contributed by atoms with E-state index < -0.39 is 12.2 Å². The Hall–Kier alpha value is -2.57. The van der Waals surface area contributed by atoms with Gasteiger partial charge in [0.25, 0.3) is 0 Å². The Balaban J connectivity index is 1.66. The lowest BCUT2D eigenvalue weighted by Gasteiger charge is -2.34. The van der Waals surface area contributed by atoms with Gasteiger partial charge in [-0.25, -0.2) is 4.79 Å². The van der Waals surface area contributed by atoms with Crippen LogP contribution < -0.4 is 15.4 Å². The Bertz CT molecular complexity index is 947. The standard InChI is InChI=1S/C24H29ClN2O4/c1-15(2)14-30-24(29)31-19-9-8-17(20(25)12-19)11-21(26)23(28)27-13-16(3)10-18-6-4-5-7-22(18)27/h4-9,12,15-16,21H,10-11,13-14,26H2,1-3H3/t16?,21-/m0/s1. The van der Waals surface area contributed by atoms with Crippen LogP contribution in [0.2, 0.25) is 5.02 Å². The molecule has 0 saturated heterocycles. The van der Waals surface area contributed by atoms with Crippen molar-refractivity contribution >= 4 is 29.4 Å². The summed E-state index contributed by atoms with van der Waals surface area (Å²) in [4.78, 5) is 26.6. The second-order valence-electron chi connectivity index (χ2n) is 8.51. The van der Waals surface area contributed by atoms with Crippen molar-refractivity contribution in [1.82, 2.24) is 0 Å². The van der Waals surface area contributed by atoms with Crippen LogP contribution in [0, 0.1) is 11.8 Å². The van der Waals surface area contributed by atoms with Crippen molar-refractivity contribution < 1.29 is 19.1 Å². The van der Waals surface area contributed by atoms with E-state index in [9.17, 15) is 9.59 Å². The molecule has 0 fully saturated rings. The molecule has 7 heteroatoms. The Morgan fingerprint density at radius 3 is 2.68 bits per heavy atom. The number of hydrogen-bond acceptors (Lipinski definition) is 5. The summed E-state index contributed by atoms with van der Waals surface area (Å²) in [5.41, 5.74) is 9.08. The normalized spacial score (nSPS) is 16.6. The molecular formula is C24H29ClN2O4. The molecule has 0 aliphatic carbocycles. The number of carbonyl (C=O) groups is 2. The molecule has 1 unspecified atom stereocenters. The van der Waals surface area contributed by atoms with Crippen molar-refractivity contribution in [1.29, 1.82) is 0 Å². The van der Waals surface area contributed by atoms with Gasteiger partial charge in [0.15, 0.2) is 0 Å². The Labute approximate surface area is 188 Å². The molecule has 166 valence electrons. The fourth-order valence-corrected chi connectivity index (χ4v) is 3.89. The van der Waals surface area contributed by atoms with Gasteiger partial charge in [0.05, 0.1) is 12.6 Å². The van der Waals surface area contributed by atoms with Crippen molar-refractivity contribution in [3.8, 4) is 5.75 Å². The number of rotatable bonds is 6. The van der Waals surface area contributed by atoms with Crippen molar-refractivity contribution in [2.75, 3.05) is 18.1 Å². The van der Waals surface area contributed by atoms with E-state index in [4.69, 9.17) is 26.8 Å². The average Bonchev–Trinajstić information content (AvgIpc) is 2.73. The summed E-state index contributed by atoms with van der Waals surface area (Å²) in [7, 11) is 0. The number of anilines is 1. The summed E-state index contributed by atoms with van der Waals surface area (Å²) < 4.78 is 10.2. The lowest BCUT2D eigenvalue weighted by atomic mass is 9.93. The Morgan fingerprint density at radius 1 is 1.23 bits per heavy atom. The number of ether oxygens (including phenoxy) is 2. The van der Waals surface area contributed by atoms with Crippen LogP contribution in [-0.2, 0) is 22.4 Å². The average molecular weight is 445 g/mol. The van der Waals surface area contributed by atoms with Crippen LogP contribution in [0.5, 0.6) is 5.75 Å². The molecule has 2 atom stereocenters. The predicted molar refractivity (Wildman–Crippen MR) is 122 cm³/mol. The van der Waals surface area contributed by atoms with Gasteiger partial charge in [0, 0.05) is 17.3 Å². The third kappa shape index (κ3) is 5.99. The van der Waals surface area contributed by atoms with Crippen LogP contribution in [-0.4, -0.2) is 31.3 Å². The minimum atomic E-state index is -0.776. The first kappa shape index (κ1) is 23.1. The first-order chi connectivity index (χ1) is 14.7. The molecule has 1 amide bonds. The number of fused-ring (bicyclic) bond motifs is 1. The SMILES string of the molecule is CC(C)COC(=O)Oc1ccc(C[C@H](N)C(=O)N2CC(C)Cc3ccccc32)c(Cl)c1. The Kier molecular flexibility index (Phi) is 7.57. The number of carbonyl (C=O) groups excluding carboxylic acids is 2. The highest BCUT2D eigenvalue weighted by atomic mass is 35.5. The van der Waals surface area contributed by atoms with E-state index in [-0.39, 0.29) is 30.6 Å². The number of nitrogens with two attached hydrogens (primary N) is 1. The van der Waals surface area contributed by atoms with Gasteiger partial charge in [-0.1, -0.05) is 56.6 Å². The summed E-state index contributed by atoms with van der Waals surface area (Å²) in [6.07, 6.45) is 0.451. The smallest absolute Gasteiger partial charge is 0.434 e. The topological polar surface area (TPSA) is 81.9 Å². The quantitative estimate of drug-likeness (QED) is 0.519. The molecule has 2 aromatic carbocycles. The molecule has 1 heterocycles. The maximum Gasteiger partial charge on any atom is 0.513 e. The predicted octanol–water partition coefficient (Wildman–Crippen LogP) is 4.61. The van der Waals surface area contributed by atoms with Gasteiger partial charge in [-0.15, -0.1) is 0 Å². The molecule has 2 N–H and O–H groups in total. The van der Waals surface area contributed by atoms with E-state index in [1.807, 2.05) is 32.0 Å². The lowest BCUT2D eigenvalue weighted by Crippen LogP contribution is -2.48. The summed E-state index contributed by atoms with van der Waals surface area (Å²) in [6, 6.07) is 12.1. The molecule has 2 aromatic rings. The van der Waals surface area contributed by atoms with Gasteiger partial charge < -0.3 is 20.1 Å². The van der Waals surface area contributed by atoms with Gasteiger partial charge in [-0.3, -0.25) is 4.79 Å². The molecule has 3 rings (SSSR count). The van der Waals surface area contributed by atoms with E-state index >= 15 is 0 Å². The molecular weight excluding hydrogens is 416 g/mol. The molecule has 0 spiro atoms. The molecule has 0 aromatic heterocycles. The zero-order chi connectivity index (χ0) is 22.5. The zero-order valence-corrected chi connectivity index (χ0v) is 18.9. The van der Waals surface area contributed by atoms with Gasteiger partial charge in [0.2, 0.25) is 5.91 Å². The number of amides is 1.